The Bertz CT molecular complexity index is 479. The standard InChI is InChI=1S/C16H25N3O3/c1-11(2)14(19-15(20)13-6-4-8-22-13)16(21)18-10-12-5-3-7-17-9-12/h4,6,8,11-12,14,17H,3,5,7,9-10H2,1-2H3,(H,18,21)(H,19,20). The first-order chi connectivity index (χ1) is 10.6. The Morgan fingerprint density at radius 3 is 2.86 bits per heavy atom. The lowest BCUT2D eigenvalue weighted by Crippen LogP contribution is -2.51. The van der Waals surface area contributed by atoms with Gasteiger partial charge in [-0.2, -0.15) is 0 Å². The van der Waals surface area contributed by atoms with Crippen LogP contribution in [0.25, 0.3) is 0 Å². The largest absolute Gasteiger partial charge is 0.459 e. The van der Waals surface area contributed by atoms with E-state index in [-0.39, 0.29) is 23.5 Å². The third-order valence-corrected chi connectivity index (χ3v) is 3.94. The molecule has 2 amide bonds. The normalized spacial score (nSPS) is 19.7. The van der Waals surface area contributed by atoms with E-state index < -0.39 is 6.04 Å². The molecule has 22 heavy (non-hydrogen) atoms. The van der Waals surface area contributed by atoms with Crippen molar-refractivity contribution in [2.24, 2.45) is 11.8 Å². The van der Waals surface area contributed by atoms with E-state index in [0.29, 0.717) is 12.5 Å². The van der Waals surface area contributed by atoms with Crippen LogP contribution in [0.4, 0.5) is 0 Å². The van der Waals surface area contributed by atoms with Crippen molar-refractivity contribution in [3.63, 3.8) is 0 Å². The molecule has 2 heterocycles. The van der Waals surface area contributed by atoms with E-state index in [1.54, 1.807) is 12.1 Å². The van der Waals surface area contributed by atoms with Crippen LogP contribution in [-0.2, 0) is 4.79 Å². The van der Waals surface area contributed by atoms with Gasteiger partial charge in [-0.15, -0.1) is 0 Å². The Hall–Kier alpha value is -1.82. The highest BCUT2D eigenvalue weighted by Crippen LogP contribution is 2.10. The minimum Gasteiger partial charge on any atom is -0.459 e. The molecule has 1 aliphatic heterocycles. The highest BCUT2D eigenvalue weighted by molar-refractivity contribution is 5.95. The van der Waals surface area contributed by atoms with Crippen molar-refractivity contribution < 1.29 is 14.0 Å². The van der Waals surface area contributed by atoms with Crippen LogP contribution in [0.3, 0.4) is 0 Å². The number of rotatable bonds is 6. The number of furan rings is 1. The summed E-state index contributed by atoms with van der Waals surface area (Å²) in [5.74, 6) is 0.184. The average Bonchev–Trinajstić information content (AvgIpc) is 3.05. The molecule has 3 N–H and O–H groups in total. The van der Waals surface area contributed by atoms with Gasteiger partial charge in [0.1, 0.15) is 6.04 Å². The maximum absolute atomic E-state index is 12.4. The van der Waals surface area contributed by atoms with Gasteiger partial charge in [-0.3, -0.25) is 9.59 Å². The fraction of sp³-hybridized carbons (Fsp3) is 0.625. The Morgan fingerprint density at radius 1 is 1.45 bits per heavy atom. The van der Waals surface area contributed by atoms with E-state index in [1.165, 1.54) is 6.26 Å². The second-order valence-electron chi connectivity index (χ2n) is 6.13. The highest BCUT2D eigenvalue weighted by Gasteiger charge is 2.26. The molecule has 1 aromatic rings. The molecule has 2 unspecified atom stereocenters. The monoisotopic (exact) mass is 307 g/mol. The molecular formula is C16H25N3O3. The van der Waals surface area contributed by atoms with Gasteiger partial charge in [-0.25, -0.2) is 0 Å². The molecular weight excluding hydrogens is 282 g/mol. The van der Waals surface area contributed by atoms with Crippen molar-refractivity contribution in [3.8, 4) is 0 Å². The molecule has 0 bridgehead atoms. The predicted octanol–water partition coefficient (Wildman–Crippen LogP) is 1.15. The SMILES string of the molecule is CC(C)C(NC(=O)c1ccco1)C(=O)NCC1CCCNC1. The highest BCUT2D eigenvalue weighted by atomic mass is 16.3. The lowest BCUT2D eigenvalue weighted by atomic mass is 9.98. The summed E-state index contributed by atoms with van der Waals surface area (Å²) in [6.45, 7) is 6.46. The summed E-state index contributed by atoms with van der Waals surface area (Å²) in [5, 5.41) is 9.03. The topological polar surface area (TPSA) is 83.4 Å². The van der Waals surface area contributed by atoms with E-state index in [1.807, 2.05) is 13.8 Å². The van der Waals surface area contributed by atoms with Crippen molar-refractivity contribution in [2.45, 2.75) is 32.7 Å². The first-order valence-electron chi connectivity index (χ1n) is 7.90. The number of hydrogen-bond acceptors (Lipinski definition) is 4. The molecule has 1 saturated heterocycles. The van der Waals surface area contributed by atoms with E-state index in [2.05, 4.69) is 16.0 Å². The molecule has 1 aliphatic rings. The minimum atomic E-state index is -0.561. The van der Waals surface area contributed by atoms with Crippen LogP contribution in [0.2, 0.25) is 0 Å². The summed E-state index contributed by atoms with van der Waals surface area (Å²) in [6.07, 6.45) is 3.71. The zero-order chi connectivity index (χ0) is 15.9. The van der Waals surface area contributed by atoms with Crippen LogP contribution in [0.5, 0.6) is 0 Å². The Balaban J connectivity index is 1.86. The van der Waals surface area contributed by atoms with Gasteiger partial charge in [0, 0.05) is 6.54 Å². The maximum Gasteiger partial charge on any atom is 0.287 e. The summed E-state index contributed by atoms with van der Waals surface area (Å²) < 4.78 is 5.06. The number of amides is 2. The van der Waals surface area contributed by atoms with Gasteiger partial charge in [0.15, 0.2) is 5.76 Å². The molecule has 0 radical (unpaired) electrons. The molecule has 0 spiro atoms. The first-order valence-corrected chi connectivity index (χ1v) is 7.90. The third-order valence-electron chi connectivity index (χ3n) is 3.94. The summed E-state index contributed by atoms with van der Waals surface area (Å²) in [6, 6.07) is 2.67. The van der Waals surface area contributed by atoms with Crippen LogP contribution in [0.1, 0.15) is 37.2 Å². The third kappa shape index (κ3) is 4.59. The lowest BCUT2D eigenvalue weighted by Gasteiger charge is -2.25. The second-order valence-corrected chi connectivity index (χ2v) is 6.13. The fourth-order valence-electron chi connectivity index (χ4n) is 2.61. The predicted molar refractivity (Wildman–Crippen MR) is 83.4 cm³/mol. The first kappa shape index (κ1) is 16.5. The van der Waals surface area contributed by atoms with Gasteiger partial charge in [0.2, 0.25) is 5.91 Å². The summed E-state index contributed by atoms with van der Waals surface area (Å²) >= 11 is 0. The Kier molecular flexibility index (Phi) is 6.00. The summed E-state index contributed by atoms with van der Waals surface area (Å²) in [5.41, 5.74) is 0. The molecule has 122 valence electrons. The zero-order valence-corrected chi connectivity index (χ0v) is 13.2. The summed E-state index contributed by atoms with van der Waals surface area (Å²) in [4.78, 5) is 24.4. The van der Waals surface area contributed by atoms with Gasteiger partial charge in [0.05, 0.1) is 6.26 Å². The Morgan fingerprint density at radius 2 is 2.27 bits per heavy atom. The van der Waals surface area contributed by atoms with Crippen molar-refractivity contribution in [1.29, 1.82) is 0 Å². The van der Waals surface area contributed by atoms with Crippen LogP contribution in [0.15, 0.2) is 22.8 Å². The quantitative estimate of drug-likeness (QED) is 0.736. The van der Waals surface area contributed by atoms with E-state index in [4.69, 9.17) is 4.42 Å². The molecule has 0 saturated carbocycles. The van der Waals surface area contributed by atoms with Crippen LogP contribution < -0.4 is 16.0 Å². The fourth-order valence-corrected chi connectivity index (χ4v) is 2.61. The number of carbonyl (C=O) groups is 2. The van der Waals surface area contributed by atoms with Gasteiger partial charge < -0.3 is 20.4 Å². The zero-order valence-electron chi connectivity index (χ0n) is 13.2. The van der Waals surface area contributed by atoms with E-state index in [0.717, 1.165) is 25.9 Å². The molecule has 1 aromatic heterocycles. The van der Waals surface area contributed by atoms with Gasteiger partial charge in [0.25, 0.3) is 5.91 Å². The van der Waals surface area contributed by atoms with Crippen LogP contribution in [-0.4, -0.2) is 37.5 Å². The lowest BCUT2D eigenvalue weighted by molar-refractivity contribution is -0.124. The van der Waals surface area contributed by atoms with Crippen LogP contribution in [0, 0.1) is 11.8 Å². The molecule has 2 rings (SSSR count). The van der Waals surface area contributed by atoms with Gasteiger partial charge in [-0.1, -0.05) is 13.8 Å². The van der Waals surface area contributed by atoms with Gasteiger partial charge >= 0.3 is 0 Å². The summed E-state index contributed by atoms with van der Waals surface area (Å²) in [7, 11) is 0. The molecule has 0 aliphatic carbocycles. The smallest absolute Gasteiger partial charge is 0.287 e. The number of hydrogen-bond donors (Lipinski definition) is 3. The second kappa shape index (κ2) is 7.98. The van der Waals surface area contributed by atoms with Crippen LogP contribution >= 0.6 is 0 Å². The molecule has 2 atom stereocenters. The minimum absolute atomic E-state index is 0.00314. The molecule has 0 aromatic carbocycles. The van der Waals surface area contributed by atoms with Crippen molar-refractivity contribution in [2.75, 3.05) is 19.6 Å². The van der Waals surface area contributed by atoms with Gasteiger partial charge in [-0.05, 0) is 49.9 Å². The molecule has 6 nitrogen and oxygen atoms in total. The Labute approximate surface area is 131 Å². The average molecular weight is 307 g/mol. The molecule has 6 heteroatoms. The van der Waals surface area contributed by atoms with Crippen molar-refractivity contribution >= 4 is 11.8 Å². The van der Waals surface area contributed by atoms with E-state index in [9.17, 15) is 9.59 Å². The molecule has 1 fully saturated rings. The van der Waals surface area contributed by atoms with E-state index >= 15 is 0 Å². The van der Waals surface area contributed by atoms with Crippen molar-refractivity contribution in [3.05, 3.63) is 24.2 Å². The number of carbonyl (C=O) groups excluding carboxylic acids is 2. The number of piperidine rings is 1. The maximum atomic E-state index is 12.4. The number of nitrogens with one attached hydrogen (secondary N) is 3. The van der Waals surface area contributed by atoms with Crippen molar-refractivity contribution in [1.82, 2.24) is 16.0 Å².